The third-order valence-corrected chi connectivity index (χ3v) is 4.85. The number of halogens is 3. The normalized spacial score (nSPS) is 11.9. The molecule has 0 heterocycles. The van der Waals surface area contributed by atoms with Crippen LogP contribution in [0, 0.1) is 0 Å². The van der Waals surface area contributed by atoms with E-state index in [0.717, 1.165) is 12.1 Å². The molecule has 10 heteroatoms. The first-order valence-electron chi connectivity index (χ1n) is 7.31. The van der Waals surface area contributed by atoms with Gasteiger partial charge in [0.15, 0.2) is 27.1 Å². The topological polar surface area (TPSA) is 89.9 Å². The van der Waals surface area contributed by atoms with E-state index in [-0.39, 0.29) is 17.1 Å². The summed E-state index contributed by atoms with van der Waals surface area (Å²) in [5.74, 6) is -1.66. The number of benzene rings is 2. The Balaban J connectivity index is 2.70. The number of phenolic OH excluding ortho intramolecular Hbond substituents is 1. The molecule has 1 N–H and O–H groups in total. The van der Waals surface area contributed by atoms with E-state index in [4.69, 9.17) is 9.47 Å². The average Bonchev–Trinajstić information content (AvgIpc) is 2.58. The maximum Gasteiger partial charge on any atom is 0.416 e. The van der Waals surface area contributed by atoms with Gasteiger partial charge in [-0.05, 0) is 30.3 Å². The number of phenols is 1. The molecule has 0 atom stereocenters. The number of rotatable bonds is 5. The molecular weight excluding hydrogens is 389 g/mol. The van der Waals surface area contributed by atoms with Crippen molar-refractivity contribution >= 4 is 15.6 Å². The van der Waals surface area contributed by atoms with Gasteiger partial charge in [-0.3, -0.25) is 4.79 Å². The lowest BCUT2D eigenvalue weighted by Gasteiger charge is -2.14. The van der Waals surface area contributed by atoms with Gasteiger partial charge in [0.25, 0.3) is 0 Å². The maximum atomic E-state index is 12.9. The van der Waals surface area contributed by atoms with Crippen LogP contribution in [0.5, 0.6) is 17.2 Å². The van der Waals surface area contributed by atoms with Crippen LogP contribution < -0.4 is 9.47 Å². The van der Waals surface area contributed by atoms with Gasteiger partial charge in [0.1, 0.15) is 0 Å². The average molecular weight is 404 g/mol. The number of alkyl halides is 3. The molecule has 0 radical (unpaired) electrons. The van der Waals surface area contributed by atoms with Crippen LogP contribution >= 0.6 is 0 Å². The Kier molecular flexibility index (Phi) is 5.41. The zero-order chi connectivity index (χ0) is 20.6. The zero-order valence-electron chi connectivity index (χ0n) is 14.4. The molecule has 0 saturated heterocycles. The summed E-state index contributed by atoms with van der Waals surface area (Å²) in [6.45, 7) is 0. The van der Waals surface area contributed by atoms with Crippen molar-refractivity contribution in [1.82, 2.24) is 0 Å². The van der Waals surface area contributed by atoms with Gasteiger partial charge in [0.05, 0.1) is 30.2 Å². The van der Waals surface area contributed by atoms with Crippen LogP contribution in [0.2, 0.25) is 0 Å². The van der Waals surface area contributed by atoms with E-state index in [2.05, 4.69) is 0 Å². The molecule has 0 aliphatic rings. The van der Waals surface area contributed by atoms with Crippen molar-refractivity contribution < 1.29 is 41.0 Å². The standard InChI is InChI=1S/C17H15F3O6S/c1-25-12-7-6-11(15(22)16(12)26-2)14(21)10-5-4-9(17(18,19)20)8-13(10)27(3,23)24/h4-8,22H,1-3H3. The highest BCUT2D eigenvalue weighted by molar-refractivity contribution is 7.90. The molecule has 27 heavy (non-hydrogen) atoms. The highest BCUT2D eigenvalue weighted by Gasteiger charge is 2.33. The molecule has 0 amide bonds. The monoisotopic (exact) mass is 404 g/mol. The number of hydrogen-bond acceptors (Lipinski definition) is 6. The van der Waals surface area contributed by atoms with E-state index >= 15 is 0 Å². The van der Waals surface area contributed by atoms with Gasteiger partial charge in [0, 0.05) is 11.8 Å². The van der Waals surface area contributed by atoms with Gasteiger partial charge in [-0.15, -0.1) is 0 Å². The van der Waals surface area contributed by atoms with Crippen molar-refractivity contribution in [1.29, 1.82) is 0 Å². The first-order valence-corrected chi connectivity index (χ1v) is 9.21. The smallest absolute Gasteiger partial charge is 0.416 e. The molecule has 2 rings (SSSR count). The van der Waals surface area contributed by atoms with E-state index in [1.165, 1.54) is 20.3 Å². The predicted molar refractivity (Wildman–Crippen MR) is 89.2 cm³/mol. The maximum absolute atomic E-state index is 12.9. The van der Waals surface area contributed by atoms with Crippen molar-refractivity contribution in [3.8, 4) is 17.2 Å². The lowest BCUT2D eigenvalue weighted by Crippen LogP contribution is -2.13. The SMILES string of the molecule is COc1ccc(C(=O)c2ccc(C(F)(F)F)cc2S(C)(=O)=O)c(O)c1OC. The highest BCUT2D eigenvalue weighted by atomic mass is 32.2. The number of hydrogen-bond donors (Lipinski definition) is 1. The predicted octanol–water partition coefficient (Wildman–Crippen LogP) is 3.06. The molecule has 0 aliphatic carbocycles. The van der Waals surface area contributed by atoms with Crippen LogP contribution in [0.1, 0.15) is 21.5 Å². The van der Waals surface area contributed by atoms with Crippen LogP contribution in [0.3, 0.4) is 0 Å². The number of sulfone groups is 1. The summed E-state index contributed by atoms with van der Waals surface area (Å²) >= 11 is 0. The van der Waals surface area contributed by atoms with Gasteiger partial charge in [-0.2, -0.15) is 13.2 Å². The Bertz CT molecular complexity index is 996. The van der Waals surface area contributed by atoms with Crippen molar-refractivity contribution in [3.05, 3.63) is 47.0 Å². The van der Waals surface area contributed by atoms with Gasteiger partial charge < -0.3 is 14.6 Å². The van der Waals surface area contributed by atoms with Gasteiger partial charge in [-0.25, -0.2) is 8.42 Å². The summed E-state index contributed by atoms with van der Waals surface area (Å²) in [6.07, 6.45) is -4.10. The summed E-state index contributed by atoms with van der Waals surface area (Å²) < 4.78 is 72.6. The number of carbonyl (C=O) groups is 1. The lowest BCUT2D eigenvalue weighted by molar-refractivity contribution is -0.137. The third-order valence-electron chi connectivity index (χ3n) is 3.72. The minimum atomic E-state index is -4.79. The molecular formula is C17H15F3O6S. The Morgan fingerprint density at radius 3 is 2.11 bits per heavy atom. The first-order chi connectivity index (χ1) is 12.4. The fourth-order valence-corrected chi connectivity index (χ4v) is 3.33. The van der Waals surface area contributed by atoms with Crippen LogP contribution in [0.15, 0.2) is 35.2 Å². The van der Waals surface area contributed by atoms with Crippen LogP contribution in [0.25, 0.3) is 0 Å². The molecule has 2 aromatic rings. The van der Waals surface area contributed by atoms with Crippen LogP contribution in [-0.2, 0) is 16.0 Å². The van der Waals surface area contributed by atoms with Gasteiger partial charge in [-0.1, -0.05) is 0 Å². The van der Waals surface area contributed by atoms with Crippen LogP contribution in [-0.4, -0.2) is 39.8 Å². The van der Waals surface area contributed by atoms with Crippen molar-refractivity contribution in [2.45, 2.75) is 11.1 Å². The Morgan fingerprint density at radius 1 is 1.04 bits per heavy atom. The van der Waals surface area contributed by atoms with E-state index < -0.39 is 43.6 Å². The van der Waals surface area contributed by atoms with Gasteiger partial charge in [0.2, 0.25) is 5.75 Å². The fraction of sp³-hybridized carbons (Fsp3) is 0.235. The number of ketones is 1. The molecule has 0 unspecified atom stereocenters. The molecule has 2 aromatic carbocycles. The van der Waals surface area contributed by atoms with E-state index in [1.807, 2.05) is 0 Å². The summed E-state index contributed by atoms with van der Waals surface area (Å²) in [4.78, 5) is 12.0. The molecule has 0 aromatic heterocycles. The molecule has 0 fully saturated rings. The van der Waals surface area contributed by atoms with Gasteiger partial charge >= 0.3 is 6.18 Å². The first kappa shape index (κ1) is 20.6. The van der Waals surface area contributed by atoms with E-state index in [0.29, 0.717) is 18.4 Å². The Morgan fingerprint density at radius 2 is 1.63 bits per heavy atom. The third kappa shape index (κ3) is 4.00. The number of ether oxygens (including phenoxy) is 2. The van der Waals surface area contributed by atoms with Crippen molar-refractivity contribution in [3.63, 3.8) is 0 Å². The van der Waals surface area contributed by atoms with E-state index in [9.17, 15) is 31.5 Å². The summed E-state index contributed by atoms with van der Waals surface area (Å²) in [7, 11) is -1.65. The summed E-state index contributed by atoms with van der Waals surface area (Å²) in [5.41, 5.74) is -2.07. The summed E-state index contributed by atoms with van der Waals surface area (Å²) in [6, 6.07) is 4.20. The second-order valence-corrected chi connectivity index (χ2v) is 7.49. The number of methoxy groups -OCH3 is 2. The largest absolute Gasteiger partial charge is 0.504 e. The second kappa shape index (κ2) is 7.10. The quantitative estimate of drug-likeness (QED) is 0.771. The number of carbonyl (C=O) groups excluding carboxylic acids is 1. The molecule has 146 valence electrons. The molecule has 0 bridgehead atoms. The molecule has 6 nitrogen and oxygen atoms in total. The molecule has 0 saturated carbocycles. The fourth-order valence-electron chi connectivity index (χ4n) is 2.43. The lowest BCUT2D eigenvalue weighted by atomic mass is 10.00. The van der Waals surface area contributed by atoms with Crippen LogP contribution in [0.4, 0.5) is 13.2 Å². The van der Waals surface area contributed by atoms with Crippen molar-refractivity contribution in [2.24, 2.45) is 0 Å². The van der Waals surface area contributed by atoms with Crippen molar-refractivity contribution in [2.75, 3.05) is 20.5 Å². The zero-order valence-corrected chi connectivity index (χ0v) is 15.2. The minimum Gasteiger partial charge on any atom is -0.504 e. The number of aromatic hydroxyl groups is 1. The van der Waals surface area contributed by atoms with E-state index in [1.54, 1.807) is 0 Å². The Hall–Kier alpha value is -2.75. The Labute approximate surface area is 153 Å². The minimum absolute atomic E-state index is 0.113. The highest BCUT2D eigenvalue weighted by Crippen LogP contribution is 2.40. The molecule has 0 spiro atoms. The second-order valence-electron chi connectivity index (χ2n) is 5.51. The molecule has 0 aliphatic heterocycles. The summed E-state index contributed by atoms with van der Waals surface area (Å²) in [5, 5.41) is 10.3.